The van der Waals surface area contributed by atoms with E-state index < -0.39 is 0 Å². The third-order valence-corrected chi connectivity index (χ3v) is 4.87. The fourth-order valence-electron chi connectivity index (χ4n) is 3.02. The first-order valence-electron chi connectivity index (χ1n) is 9.72. The van der Waals surface area contributed by atoms with Gasteiger partial charge >= 0.3 is 0 Å². The first-order valence-corrected chi connectivity index (χ1v) is 10.1. The van der Waals surface area contributed by atoms with Crippen LogP contribution in [0.25, 0.3) is 23.1 Å². The zero-order valence-electron chi connectivity index (χ0n) is 16.8. The molecule has 0 fully saturated rings. The number of hydrogen-bond donors (Lipinski definition) is 0. The Labute approximate surface area is 185 Å². The number of hydrogen-bond acceptors (Lipinski definition) is 4. The van der Waals surface area contributed by atoms with E-state index in [1.165, 1.54) is 18.5 Å². The highest BCUT2D eigenvalue weighted by Crippen LogP contribution is 2.30. The van der Waals surface area contributed by atoms with E-state index in [0.29, 0.717) is 16.7 Å². The Morgan fingerprint density at radius 2 is 1.71 bits per heavy atom. The number of ketones is 1. The third kappa shape index (κ3) is 5.24. The SMILES string of the molecule is Cc1ccc2ncnc(Oc3ccccc3/C=C/C(=O)/C=C/c3ccc(Cl)cc3)c2c1. The van der Waals surface area contributed by atoms with E-state index in [9.17, 15) is 4.79 Å². The van der Waals surface area contributed by atoms with Crippen LogP contribution in [0.4, 0.5) is 0 Å². The van der Waals surface area contributed by atoms with Crippen molar-refractivity contribution in [1.82, 2.24) is 9.97 Å². The van der Waals surface area contributed by atoms with Gasteiger partial charge in [-0.15, -0.1) is 0 Å². The van der Waals surface area contributed by atoms with E-state index in [4.69, 9.17) is 16.3 Å². The molecule has 1 aromatic heterocycles. The van der Waals surface area contributed by atoms with Crippen molar-refractivity contribution in [3.05, 3.63) is 107 Å². The molecule has 0 aliphatic heterocycles. The number of fused-ring (bicyclic) bond motifs is 1. The van der Waals surface area contributed by atoms with Gasteiger partial charge in [-0.05, 0) is 61.0 Å². The van der Waals surface area contributed by atoms with E-state index in [1.807, 2.05) is 61.5 Å². The maximum absolute atomic E-state index is 12.3. The zero-order valence-corrected chi connectivity index (χ0v) is 17.6. The number of nitrogens with zero attached hydrogens (tertiary/aromatic N) is 2. The Kier molecular flexibility index (Phi) is 6.20. The molecule has 152 valence electrons. The summed E-state index contributed by atoms with van der Waals surface area (Å²) in [6.45, 7) is 2.01. The number of carbonyl (C=O) groups excluding carboxylic acids is 1. The molecule has 1 heterocycles. The van der Waals surface area contributed by atoms with Crippen LogP contribution in [0.2, 0.25) is 5.02 Å². The van der Waals surface area contributed by atoms with Gasteiger partial charge in [-0.3, -0.25) is 4.79 Å². The summed E-state index contributed by atoms with van der Waals surface area (Å²) in [5.74, 6) is 0.950. The summed E-state index contributed by atoms with van der Waals surface area (Å²) < 4.78 is 6.11. The smallest absolute Gasteiger partial charge is 0.230 e. The Balaban J connectivity index is 1.54. The number of carbonyl (C=O) groups is 1. The lowest BCUT2D eigenvalue weighted by atomic mass is 10.1. The third-order valence-electron chi connectivity index (χ3n) is 4.62. The normalized spacial score (nSPS) is 11.4. The monoisotopic (exact) mass is 426 g/mol. The molecule has 31 heavy (non-hydrogen) atoms. The lowest BCUT2D eigenvalue weighted by Crippen LogP contribution is -1.94. The van der Waals surface area contributed by atoms with Gasteiger partial charge in [0.2, 0.25) is 5.88 Å². The molecule has 4 aromatic rings. The molecule has 4 rings (SSSR count). The molecule has 0 aliphatic carbocycles. The van der Waals surface area contributed by atoms with Crippen molar-refractivity contribution in [2.75, 3.05) is 0 Å². The van der Waals surface area contributed by atoms with Crippen molar-refractivity contribution in [3.8, 4) is 11.6 Å². The van der Waals surface area contributed by atoms with Crippen molar-refractivity contribution in [2.24, 2.45) is 0 Å². The second-order valence-corrected chi connectivity index (χ2v) is 7.40. The fraction of sp³-hybridized carbons (Fsp3) is 0.0385. The van der Waals surface area contributed by atoms with Gasteiger partial charge in [0.1, 0.15) is 12.1 Å². The van der Waals surface area contributed by atoms with Gasteiger partial charge in [-0.1, -0.05) is 59.6 Å². The lowest BCUT2D eigenvalue weighted by molar-refractivity contribution is -0.110. The Hall–Kier alpha value is -3.76. The molecule has 3 aromatic carbocycles. The summed E-state index contributed by atoms with van der Waals surface area (Å²) in [6.07, 6.45) is 8.00. The topological polar surface area (TPSA) is 52.1 Å². The molecular weight excluding hydrogens is 408 g/mol. The van der Waals surface area contributed by atoms with Crippen LogP contribution in [0, 0.1) is 6.92 Å². The Morgan fingerprint density at radius 1 is 0.935 bits per heavy atom. The average Bonchev–Trinajstić information content (AvgIpc) is 2.78. The first-order chi connectivity index (χ1) is 15.1. The van der Waals surface area contributed by atoms with Crippen molar-refractivity contribution in [2.45, 2.75) is 6.92 Å². The highest BCUT2D eigenvalue weighted by Gasteiger charge is 2.08. The number of benzene rings is 3. The van der Waals surface area contributed by atoms with Crippen LogP contribution in [0.1, 0.15) is 16.7 Å². The molecule has 4 nitrogen and oxygen atoms in total. The predicted molar refractivity (Wildman–Crippen MR) is 125 cm³/mol. The molecule has 0 atom stereocenters. The number of allylic oxidation sites excluding steroid dienone is 2. The van der Waals surface area contributed by atoms with Gasteiger partial charge in [-0.2, -0.15) is 0 Å². The molecule has 0 saturated carbocycles. The van der Waals surface area contributed by atoms with Crippen molar-refractivity contribution >= 4 is 40.4 Å². The molecule has 0 radical (unpaired) electrons. The molecule has 0 bridgehead atoms. The van der Waals surface area contributed by atoms with Gasteiger partial charge in [0, 0.05) is 10.6 Å². The van der Waals surface area contributed by atoms with Gasteiger partial charge in [0.15, 0.2) is 5.78 Å². The van der Waals surface area contributed by atoms with Crippen LogP contribution < -0.4 is 4.74 Å². The van der Waals surface area contributed by atoms with E-state index in [1.54, 1.807) is 24.3 Å². The lowest BCUT2D eigenvalue weighted by Gasteiger charge is -2.10. The highest BCUT2D eigenvalue weighted by molar-refractivity contribution is 6.30. The Morgan fingerprint density at radius 3 is 2.55 bits per heavy atom. The van der Waals surface area contributed by atoms with E-state index in [2.05, 4.69) is 9.97 Å². The maximum Gasteiger partial charge on any atom is 0.230 e. The number of aromatic nitrogens is 2. The van der Waals surface area contributed by atoms with Gasteiger partial charge in [-0.25, -0.2) is 9.97 Å². The molecule has 0 spiro atoms. The number of para-hydroxylation sites is 1. The minimum atomic E-state index is -0.132. The minimum absolute atomic E-state index is 0.132. The summed E-state index contributed by atoms with van der Waals surface area (Å²) in [6, 6.07) is 20.7. The van der Waals surface area contributed by atoms with Crippen LogP contribution in [0.15, 0.2) is 85.2 Å². The van der Waals surface area contributed by atoms with Crippen LogP contribution in [-0.4, -0.2) is 15.8 Å². The quantitative estimate of drug-likeness (QED) is 0.323. The van der Waals surface area contributed by atoms with Gasteiger partial charge in [0.05, 0.1) is 10.9 Å². The fourth-order valence-corrected chi connectivity index (χ4v) is 3.15. The standard InChI is InChI=1S/C26H19ClN2O2/c1-18-6-15-24-23(16-18)26(29-17-28-24)31-25-5-3-2-4-20(25)10-14-22(30)13-9-19-7-11-21(27)12-8-19/h2-17H,1H3/b13-9+,14-10+. The van der Waals surface area contributed by atoms with Crippen molar-refractivity contribution < 1.29 is 9.53 Å². The largest absolute Gasteiger partial charge is 0.438 e. The van der Waals surface area contributed by atoms with Crippen LogP contribution in [-0.2, 0) is 4.79 Å². The molecule has 0 amide bonds. The first kappa shape index (κ1) is 20.5. The van der Waals surface area contributed by atoms with Crippen molar-refractivity contribution in [3.63, 3.8) is 0 Å². The van der Waals surface area contributed by atoms with Crippen molar-refractivity contribution in [1.29, 1.82) is 0 Å². The maximum atomic E-state index is 12.3. The van der Waals surface area contributed by atoms with E-state index in [0.717, 1.165) is 27.6 Å². The molecule has 0 N–H and O–H groups in total. The predicted octanol–water partition coefficient (Wildman–Crippen LogP) is 6.68. The summed E-state index contributed by atoms with van der Waals surface area (Å²) in [5.41, 5.74) is 3.58. The Bertz CT molecular complexity index is 1290. The average molecular weight is 427 g/mol. The number of ether oxygens (including phenoxy) is 1. The minimum Gasteiger partial charge on any atom is -0.438 e. The van der Waals surface area contributed by atoms with Crippen LogP contribution in [0.3, 0.4) is 0 Å². The molecule has 0 saturated heterocycles. The molecule has 0 unspecified atom stereocenters. The molecular formula is C26H19ClN2O2. The van der Waals surface area contributed by atoms with Crippen LogP contribution in [0.5, 0.6) is 11.6 Å². The molecule has 0 aliphatic rings. The summed E-state index contributed by atoms with van der Waals surface area (Å²) in [4.78, 5) is 20.9. The van der Waals surface area contributed by atoms with E-state index >= 15 is 0 Å². The van der Waals surface area contributed by atoms with Gasteiger partial charge < -0.3 is 4.74 Å². The zero-order chi connectivity index (χ0) is 21.6. The second-order valence-electron chi connectivity index (χ2n) is 6.96. The summed E-state index contributed by atoms with van der Waals surface area (Å²) >= 11 is 5.88. The molecule has 5 heteroatoms. The number of rotatable bonds is 6. The van der Waals surface area contributed by atoms with Gasteiger partial charge in [0.25, 0.3) is 0 Å². The van der Waals surface area contributed by atoms with Crippen LogP contribution >= 0.6 is 11.6 Å². The number of halogens is 1. The second kappa shape index (κ2) is 9.37. The highest BCUT2D eigenvalue weighted by atomic mass is 35.5. The summed E-state index contributed by atoms with van der Waals surface area (Å²) in [5, 5.41) is 1.50. The number of aryl methyl sites for hydroxylation is 1. The summed E-state index contributed by atoms with van der Waals surface area (Å²) in [7, 11) is 0. The van der Waals surface area contributed by atoms with E-state index in [-0.39, 0.29) is 5.78 Å².